The molecule has 3 heterocycles. The van der Waals surface area contributed by atoms with Crippen LogP contribution in [0.1, 0.15) is 17.0 Å². The van der Waals surface area contributed by atoms with Crippen molar-refractivity contribution in [2.24, 2.45) is 0 Å². The first kappa shape index (κ1) is 15.0. The highest BCUT2D eigenvalue weighted by atomic mass is 16.5. The van der Waals surface area contributed by atoms with Gasteiger partial charge in [0, 0.05) is 23.5 Å². The fraction of sp³-hybridized carbons (Fsp3) is 0.105. The van der Waals surface area contributed by atoms with Crippen molar-refractivity contribution >= 4 is 10.9 Å². The van der Waals surface area contributed by atoms with Crippen molar-refractivity contribution in [2.45, 2.75) is 13.8 Å². The predicted molar refractivity (Wildman–Crippen MR) is 92.4 cm³/mol. The molecule has 25 heavy (non-hydrogen) atoms. The molecule has 0 saturated carbocycles. The number of pyridine rings is 1. The molecule has 4 rings (SSSR count). The number of hydrogen-bond donors (Lipinski definition) is 1. The van der Waals surface area contributed by atoms with E-state index < -0.39 is 0 Å². The lowest BCUT2D eigenvalue weighted by molar-refractivity contribution is 0.393. The number of phenols is 1. The van der Waals surface area contributed by atoms with Crippen LogP contribution in [0.3, 0.4) is 0 Å². The number of phenolic OH excluding ortho intramolecular Hbond substituents is 1. The Bertz CT molecular complexity index is 1110. The Balaban J connectivity index is 2.19. The van der Waals surface area contributed by atoms with E-state index in [0.29, 0.717) is 22.7 Å². The summed E-state index contributed by atoms with van der Waals surface area (Å²) in [6.07, 6.45) is 3.38. The predicted octanol–water partition coefficient (Wildman–Crippen LogP) is 3.87. The fourth-order valence-corrected chi connectivity index (χ4v) is 3.18. The Morgan fingerprint density at radius 2 is 1.92 bits per heavy atom. The summed E-state index contributed by atoms with van der Waals surface area (Å²) in [6, 6.07) is 11.0. The van der Waals surface area contributed by atoms with Gasteiger partial charge in [-0.25, -0.2) is 0 Å². The average molecular weight is 330 g/mol. The largest absolute Gasteiger partial charge is 0.508 e. The third kappa shape index (κ3) is 2.17. The van der Waals surface area contributed by atoms with Crippen molar-refractivity contribution in [3.8, 4) is 28.8 Å². The molecule has 0 spiro atoms. The van der Waals surface area contributed by atoms with Crippen LogP contribution in [0.25, 0.3) is 27.8 Å². The lowest BCUT2D eigenvalue weighted by Crippen LogP contribution is -1.98. The number of nitriles is 1. The van der Waals surface area contributed by atoms with Crippen LogP contribution in [0.4, 0.5) is 0 Å². The van der Waals surface area contributed by atoms with Crippen LogP contribution >= 0.6 is 0 Å². The molecule has 4 aromatic rings. The van der Waals surface area contributed by atoms with Gasteiger partial charge < -0.3 is 14.2 Å². The molecule has 0 unspecified atom stereocenters. The van der Waals surface area contributed by atoms with Crippen LogP contribution in [-0.4, -0.2) is 19.8 Å². The second kappa shape index (κ2) is 5.49. The summed E-state index contributed by atoms with van der Waals surface area (Å²) in [5.74, 6) is 0.825. The van der Waals surface area contributed by atoms with Gasteiger partial charge in [0.2, 0.25) is 0 Å². The third-order valence-electron chi connectivity index (χ3n) is 4.26. The van der Waals surface area contributed by atoms with Crippen LogP contribution in [0, 0.1) is 25.2 Å². The normalized spacial score (nSPS) is 10.9. The lowest BCUT2D eigenvalue weighted by atomic mass is 10.1. The first-order valence-electron chi connectivity index (χ1n) is 7.73. The molecule has 0 atom stereocenters. The van der Waals surface area contributed by atoms with Gasteiger partial charge in [-0.15, -0.1) is 0 Å². The van der Waals surface area contributed by atoms with Crippen molar-refractivity contribution in [1.82, 2.24) is 14.7 Å². The van der Waals surface area contributed by atoms with E-state index in [9.17, 15) is 10.4 Å². The van der Waals surface area contributed by atoms with Crippen molar-refractivity contribution in [3.63, 3.8) is 0 Å². The van der Waals surface area contributed by atoms with Crippen molar-refractivity contribution in [3.05, 3.63) is 59.7 Å². The van der Waals surface area contributed by atoms with Crippen LogP contribution in [0.2, 0.25) is 0 Å². The van der Waals surface area contributed by atoms with Gasteiger partial charge in [0.05, 0.1) is 28.0 Å². The fourth-order valence-electron chi connectivity index (χ4n) is 3.18. The zero-order valence-electron chi connectivity index (χ0n) is 13.7. The van der Waals surface area contributed by atoms with Gasteiger partial charge >= 0.3 is 0 Å². The molecule has 0 saturated heterocycles. The van der Waals surface area contributed by atoms with E-state index in [1.54, 1.807) is 36.7 Å². The van der Waals surface area contributed by atoms with Crippen molar-refractivity contribution in [1.29, 1.82) is 5.26 Å². The number of aryl methyl sites for hydroxylation is 2. The smallest absolute Gasteiger partial charge is 0.143 e. The van der Waals surface area contributed by atoms with E-state index in [2.05, 4.69) is 16.2 Å². The molecular weight excluding hydrogens is 316 g/mol. The van der Waals surface area contributed by atoms with E-state index in [4.69, 9.17) is 4.52 Å². The van der Waals surface area contributed by atoms with E-state index in [-0.39, 0.29) is 5.75 Å². The SMILES string of the molecule is Cc1noc(C)c1-c1c(C#N)c2cnccc2n1-c1ccc(O)cc1. The number of benzene rings is 1. The van der Waals surface area contributed by atoms with E-state index in [1.807, 2.05) is 24.5 Å². The number of fused-ring (bicyclic) bond motifs is 1. The van der Waals surface area contributed by atoms with Gasteiger partial charge in [-0.3, -0.25) is 4.98 Å². The van der Waals surface area contributed by atoms with Gasteiger partial charge in [-0.05, 0) is 44.2 Å². The molecule has 6 nitrogen and oxygen atoms in total. The first-order valence-corrected chi connectivity index (χ1v) is 7.73. The molecule has 6 heteroatoms. The maximum Gasteiger partial charge on any atom is 0.143 e. The zero-order chi connectivity index (χ0) is 17.6. The summed E-state index contributed by atoms with van der Waals surface area (Å²) in [4.78, 5) is 4.17. The summed E-state index contributed by atoms with van der Waals surface area (Å²) in [7, 11) is 0. The monoisotopic (exact) mass is 330 g/mol. The molecule has 1 aromatic carbocycles. The lowest BCUT2D eigenvalue weighted by Gasteiger charge is -2.11. The molecule has 0 aliphatic heterocycles. The van der Waals surface area contributed by atoms with Gasteiger partial charge in [0.1, 0.15) is 17.6 Å². The standard InChI is InChI=1S/C19H14N4O2/c1-11-18(12(2)25-22-11)19-15(9-20)16-10-21-8-7-17(16)23(19)13-3-5-14(24)6-4-13/h3-8,10,24H,1-2H3. The highest BCUT2D eigenvalue weighted by Crippen LogP contribution is 2.38. The Morgan fingerprint density at radius 3 is 2.56 bits per heavy atom. The molecule has 0 aliphatic rings. The molecular formula is C19H14N4O2. The molecule has 0 fully saturated rings. The Kier molecular flexibility index (Phi) is 3.29. The highest BCUT2D eigenvalue weighted by Gasteiger charge is 2.24. The van der Waals surface area contributed by atoms with E-state index >= 15 is 0 Å². The number of nitrogens with zero attached hydrogens (tertiary/aromatic N) is 4. The average Bonchev–Trinajstić information content (AvgIpc) is 3.12. The Labute approximate surface area is 143 Å². The molecule has 0 aliphatic carbocycles. The molecule has 0 amide bonds. The van der Waals surface area contributed by atoms with Crippen molar-refractivity contribution < 1.29 is 9.63 Å². The molecule has 0 radical (unpaired) electrons. The summed E-state index contributed by atoms with van der Waals surface area (Å²) < 4.78 is 7.30. The maximum atomic E-state index is 9.82. The summed E-state index contributed by atoms with van der Waals surface area (Å²) >= 11 is 0. The molecule has 1 N–H and O–H groups in total. The Hall–Kier alpha value is -3.59. The number of aromatic nitrogens is 3. The van der Waals surface area contributed by atoms with Gasteiger partial charge in [-0.1, -0.05) is 5.16 Å². The summed E-state index contributed by atoms with van der Waals surface area (Å²) in [5, 5.41) is 24.2. The van der Waals surface area contributed by atoms with Gasteiger partial charge in [-0.2, -0.15) is 5.26 Å². The summed E-state index contributed by atoms with van der Waals surface area (Å²) in [5.41, 5.74) is 4.42. The second-order valence-electron chi connectivity index (χ2n) is 5.78. The number of aromatic hydroxyl groups is 1. The molecule has 122 valence electrons. The van der Waals surface area contributed by atoms with Gasteiger partial charge in [0.15, 0.2) is 0 Å². The van der Waals surface area contributed by atoms with Crippen molar-refractivity contribution in [2.75, 3.05) is 0 Å². The van der Waals surface area contributed by atoms with E-state index in [1.165, 1.54) is 0 Å². The van der Waals surface area contributed by atoms with Crippen LogP contribution in [-0.2, 0) is 0 Å². The Morgan fingerprint density at radius 1 is 1.16 bits per heavy atom. The van der Waals surface area contributed by atoms with Crippen LogP contribution in [0.15, 0.2) is 47.2 Å². The summed E-state index contributed by atoms with van der Waals surface area (Å²) in [6.45, 7) is 3.68. The van der Waals surface area contributed by atoms with Crippen LogP contribution in [0.5, 0.6) is 5.75 Å². The van der Waals surface area contributed by atoms with E-state index in [0.717, 1.165) is 22.2 Å². The molecule has 0 bridgehead atoms. The highest BCUT2D eigenvalue weighted by molar-refractivity contribution is 5.96. The minimum Gasteiger partial charge on any atom is -0.508 e. The minimum absolute atomic E-state index is 0.182. The minimum atomic E-state index is 0.182. The quantitative estimate of drug-likeness (QED) is 0.602. The zero-order valence-corrected chi connectivity index (χ0v) is 13.7. The molecule has 3 aromatic heterocycles. The third-order valence-corrected chi connectivity index (χ3v) is 4.26. The van der Waals surface area contributed by atoms with Crippen LogP contribution < -0.4 is 0 Å². The number of hydrogen-bond acceptors (Lipinski definition) is 5. The van der Waals surface area contributed by atoms with Gasteiger partial charge in [0.25, 0.3) is 0 Å². The number of rotatable bonds is 2. The topological polar surface area (TPSA) is 87.9 Å². The second-order valence-corrected chi connectivity index (χ2v) is 5.78. The maximum absolute atomic E-state index is 9.82. The first-order chi connectivity index (χ1) is 12.1.